The molecule has 1 amide bonds. The molecular weight excluding hydrogens is 374 g/mol. The van der Waals surface area contributed by atoms with E-state index in [0.29, 0.717) is 15.8 Å². The summed E-state index contributed by atoms with van der Waals surface area (Å²) in [7, 11) is 0. The molecule has 1 heterocycles. The summed E-state index contributed by atoms with van der Waals surface area (Å²) in [5.74, 6) is 1.49. The Morgan fingerprint density at radius 2 is 1.81 bits per heavy atom. The van der Waals surface area contributed by atoms with Crippen molar-refractivity contribution in [3.8, 4) is 11.5 Å². The molecule has 1 fully saturated rings. The molecule has 5 heteroatoms. The van der Waals surface area contributed by atoms with E-state index in [0.717, 1.165) is 17.1 Å². The van der Waals surface area contributed by atoms with Crippen molar-refractivity contribution in [3.05, 3.63) is 64.6 Å². The molecule has 140 valence electrons. The van der Waals surface area contributed by atoms with Crippen molar-refractivity contribution < 1.29 is 9.53 Å². The van der Waals surface area contributed by atoms with Crippen molar-refractivity contribution in [1.82, 2.24) is 4.90 Å². The number of nitrogens with zero attached hydrogens (tertiary/aromatic N) is 1. The van der Waals surface area contributed by atoms with Crippen molar-refractivity contribution in [2.75, 3.05) is 6.54 Å². The molecule has 1 aliphatic heterocycles. The molecule has 0 aromatic heterocycles. The zero-order valence-electron chi connectivity index (χ0n) is 16.0. The zero-order valence-corrected chi connectivity index (χ0v) is 17.6. The molecule has 1 saturated heterocycles. The Hall–Kier alpha value is -2.11. The molecule has 27 heavy (non-hydrogen) atoms. The van der Waals surface area contributed by atoms with Crippen LogP contribution in [0, 0.1) is 0 Å². The van der Waals surface area contributed by atoms with Crippen LogP contribution in [-0.4, -0.2) is 21.7 Å². The van der Waals surface area contributed by atoms with Crippen LogP contribution >= 0.6 is 24.0 Å². The van der Waals surface area contributed by atoms with Gasteiger partial charge in [0.15, 0.2) is 0 Å². The van der Waals surface area contributed by atoms with Gasteiger partial charge in [0.2, 0.25) is 0 Å². The maximum absolute atomic E-state index is 12.4. The first-order chi connectivity index (χ1) is 12.8. The molecule has 0 atom stereocenters. The molecule has 0 radical (unpaired) electrons. The van der Waals surface area contributed by atoms with Crippen molar-refractivity contribution in [3.63, 3.8) is 0 Å². The van der Waals surface area contributed by atoms with E-state index in [2.05, 4.69) is 32.9 Å². The van der Waals surface area contributed by atoms with E-state index in [-0.39, 0.29) is 11.3 Å². The van der Waals surface area contributed by atoms with Crippen LogP contribution in [0.25, 0.3) is 6.08 Å². The van der Waals surface area contributed by atoms with Crippen LogP contribution in [0.5, 0.6) is 11.5 Å². The summed E-state index contributed by atoms with van der Waals surface area (Å²) in [5, 5.41) is 0. The quantitative estimate of drug-likeness (QED) is 0.468. The molecule has 3 nitrogen and oxygen atoms in total. The van der Waals surface area contributed by atoms with Gasteiger partial charge in [0.1, 0.15) is 15.8 Å². The first kappa shape index (κ1) is 19.6. The van der Waals surface area contributed by atoms with Crippen molar-refractivity contribution in [2.45, 2.75) is 33.1 Å². The van der Waals surface area contributed by atoms with Gasteiger partial charge in [-0.2, -0.15) is 0 Å². The maximum Gasteiger partial charge on any atom is 0.266 e. The third-order valence-corrected chi connectivity index (χ3v) is 5.68. The topological polar surface area (TPSA) is 29.5 Å². The Balaban J connectivity index is 1.77. The number of thioether (sulfide) groups is 1. The maximum atomic E-state index is 12.4. The normalized spacial score (nSPS) is 16.3. The Morgan fingerprint density at radius 1 is 1.11 bits per heavy atom. The summed E-state index contributed by atoms with van der Waals surface area (Å²) in [5.41, 5.74) is 2.29. The van der Waals surface area contributed by atoms with E-state index < -0.39 is 0 Å². The first-order valence-corrected chi connectivity index (χ1v) is 10.1. The fourth-order valence-corrected chi connectivity index (χ4v) is 4.14. The van der Waals surface area contributed by atoms with Crippen LogP contribution in [-0.2, 0) is 10.2 Å². The second-order valence-electron chi connectivity index (χ2n) is 7.37. The molecule has 0 N–H and O–H groups in total. The van der Waals surface area contributed by atoms with Crippen molar-refractivity contribution >= 4 is 40.3 Å². The number of carbonyl (C=O) groups is 1. The minimum Gasteiger partial charge on any atom is -0.457 e. The van der Waals surface area contributed by atoms with Gasteiger partial charge in [-0.25, -0.2) is 0 Å². The minimum atomic E-state index is -0.0309. The van der Waals surface area contributed by atoms with Gasteiger partial charge >= 0.3 is 0 Å². The monoisotopic (exact) mass is 397 g/mol. The minimum absolute atomic E-state index is 0.0309. The van der Waals surface area contributed by atoms with Crippen molar-refractivity contribution in [1.29, 1.82) is 0 Å². The molecule has 2 aromatic carbocycles. The fraction of sp³-hybridized carbons (Fsp3) is 0.273. The smallest absolute Gasteiger partial charge is 0.266 e. The number of hydrogen-bond donors (Lipinski definition) is 0. The highest BCUT2D eigenvalue weighted by molar-refractivity contribution is 8.26. The number of hydrogen-bond acceptors (Lipinski definition) is 4. The largest absolute Gasteiger partial charge is 0.457 e. The van der Waals surface area contributed by atoms with Crippen LogP contribution in [0.2, 0.25) is 0 Å². The lowest BCUT2D eigenvalue weighted by atomic mass is 9.87. The first-order valence-electron chi connectivity index (χ1n) is 8.92. The molecule has 0 unspecified atom stereocenters. The van der Waals surface area contributed by atoms with Gasteiger partial charge < -0.3 is 4.74 Å². The number of benzene rings is 2. The van der Waals surface area contributed by atoms with Crippen LogP contribution < -0.4 is 4.74 Å². The Kier molecular flexibility index (Phi) is 5.72. The van der Waals surface area contributed by atoms with E-state index in [4.69, 9.17) is 17.0 Å². The van der Waals surface area contributed by atoms with Gasteiger partial charge in [0.25, 0.3) is 5.91 Å². The second-order valence-corrected chi connectivity index (χ2v) is 9.05. The summed E-state index contributed by atoms with van der Waals surface area (Å²) in [6.07, 6.45) is 1.87. The summed E-state index contributed by atoms with van der Waals surface area (Å²) in [4.78, 5) is 14.6. The Bertz CT molecular complexity index is 895. The second kappa shape index (κ2) is 7.87. The summed E-state index contributed by atoms with van der Waals surface area (Å²) in [6.45, 7) is 9.08. The third kappa shape index (κ3) is 4.60. The Morgan fingerprint density at radius 3 is 2.41 bits per heavy atom. The van der Waals surface area contributed by atoms with Crippen molar-refractivity contribution in [2.24, 2.45) is 0 Å². The average molecular weight is 398 g/mol. The van der Waals surface area contributed by atoms with Gasteiger partial charge in [-0.15, -0.1) is 0 Å². The van der Waals surface area contributed by atoms with Crippen LogP contribution in [0.1, 0.15) is 38.8 Å². The lowest BCUT2D eigenvalue weighted by molar-refractivity contribution is -0.121. The summed E-state index contributed by atoms with van der Waals surface area (Å²) >= 11 is 6.60. The van der Waals surface area contributed by atoms with E-state index >= 15 is 0 Å². The predicted molar refractivity (Wildman–Crippen MR) is 117 cm³/mol. The molecule has 0 bridgehead atoms. The number of thiocarbonyl (C=S) groups is 1. The van der Waals surface area contributed by atoms with Gasteiger partial charge in [-0.1, -0.05) is 69.0 Å². The highest BCUT2D eigenvalue weighted by Gasteiger charge is 2.30. The molecule has 3 rings (SSSR count). The average Bonchev–Trinajstić information content (AvgIpc) is 2.88. The molecule has 1 aliphatic rings. The lowest BCUT2D eigenvalue weighted by Gasteiger charge is -2.19. The highest BCUT2D eigenvalue weighted by Crippen LogP contribution is 2.33. The van der Waals surface area contributed by atoms with E-state index in [1.807, 2.05) is 49.4 Å². The highest BCUT2D eigenvalue weighted by atomic mass is 32.2. The predicted octanol–water partition coefficient (Wildman–Crippen LogP) is 6.00. The molecule has 0 aliphatic carbocycles. The van der Waals surface area contributed by atoms with Crippen LogP contribution in [0.3, 0.4) is 0 Å². The summed E-state index contributed by atoms with van der Waals surface area (Å²) in [6, 6.07) is 15.9. The number of likely N-dealkylation sites (N-methyl/N-ethyl adjacent to an activating group) is 1. The zero-order chi connectivity index (χ0) is 19.6. The van der Waals surface area contributed by atoms with Gasteiger partial charge in [-0.05, 0) is 53.8 Å². The van der Waals surface area contributed by atoms with Gasteiger partial charge in [0, 0.05) is 6.54 Å². The SMILES string of the molecule is CCN1C(=O)C(=Cc2cccc(Oc3ccc(C(C)(C)C)cc3)c2)SC1=S. The van der Waals surface area contributed by atoms with Crippen LogP contribution in [0.4, 0.5) is 0 Å². The fourth-order valence-electron chi connectivity index (χ4n) is 2.75. The van der Waals surface area contributed by atoms with E-state index in [1.54, 1.807) is 4.90 Å². The number of amides is 1. The standard InChI is InChI=1S/C22H23NO2S2/c1-5-23-20(24)19(27-21(23)26)14-15-7-6-8-18(13-15)25-17-11-9-16(10-12-17)22(2,3)4/h6-14H,5H2,1-4H3. The van der Waals surface area contributed by atoms with E-state index in [9.17, 15) is 4.79 Å². The molecule has 2 aromatic rings. The van der Waals surface area contributed by atoms with E-state index in [1.165, 1.54) is 17.3 Å². The Labute approximate surface area is 170 Å². The molecular formula is C22H23NO2S2. The molecule has 0 saturated carbocycles. The number of rotatable bonds is 4. The number of ether oxygens (including phenoxy) is 1. The lowest BCUT2D eigenvalue weighted by Crippen LogP contribution is -2.27. The van der Waals surface area contributed by atoms with Gasteiger partial charge in [-0.3, -0.25) is 9.69 Å². The third-order valence-electron chi connectivity index (χ3n) is 4.30. The number of carbonyl (C=O) groups excluding carboxylic acids is 1. The summed E-state index contributed by atoms with van der Waals surface area (Å²) < 4.78 is 6.60. The van der Waals surface area contributed by atoms with Gasteiger partial charge in [0.05, 0.1) is 4.91 Å². The van der Waals surface area contributed by atoms with Crippen LogP contribution in [0.15, 0.2) is 53.4 Å². The molecule has 0 spiro atoms.